The van der Waals surface area contributed by atoms with Crippen LogP contribution in [-0.4, -0.2) is 14.5 Å². The summed E-state index contributed by atoms with van der Waals surface area (Å²) in [4.78, 5) is 9.76. The highest BCUT2D eigenvalue weighted by Gasteiger charge is 2.29. The van der Waals surface area contributed by atoms with Crippen molar-refractivity contribution in [1.29, 1.82) is 0 Å². The highest BCUT2D eigenvalue weighted by Crippen LogP contribution is 2.29. The van der Waals surface area contributed by atoms with Gasteiger partial charge in [-0.2, -0.15) is 21.6 Å². The van der Waals surface area contributed by atoms with E-state index in [1.165, 1.54) is 0 Å². The third kappa shape index (κ3) is 4.15. The molecule has 0 heterocycles. The minimum Gasteiger partial charge on any atom is -0.210 e. The van der Waals surface area contributed by atoms with E-state index in [1.807, 2.05) is 0 Å². The predicted molar refractivity (Wildman–Crippen MR) is 57.5 cm³/mol. The molecule has 96 valence electrons. The molecule has 4 nitrogen and oxygen atoms in total. The summed E-state index contributed by atoms with van der Waals surface area (Å²) < 4.78 is 61.1. The molecule has 0 saturated heterocycles. The smallest absolute Gasteiger partial charge is 0.210 e. The molecule has 0 spiro atoms. The Morgan fingerprint density at radius 3 is 2.17 bits per heavy atom. The molecule has 0 saturated carbocycles. The number of benzene rings is 1. The molecule has 0 amide bonds. The predicted octanol–water partition coefficient (Wildman–Crippen LogP) is 2.34. The zero-order chi connectivity index (χ0) is 13.8. The second-order valence-electron chi connectivity index (χ2n) is 3.12. The first-order chi connectivity index (χ1) is 8.24. The second-order valence-corrected chi connectivity index (χ2v) is 4.60. The molecule has 0 atom stereocenters. The van der Waals surface area contributed by atoms with Gasteiger partial charge in [-0.25, -0.2) is 4.79 Å². The SMILES string of the molecule is O=C=NS(=O)(=O)/C=C/c1ccc(C(F)(F)F)cc1. The monoisotopic (exact) mass is 277 g/mol. The molecule has 1 aromatic rings. The summed E-state index contributed by atoms with van der Waals surface area (Å²) in [7, 11) is -4.07. The van der Waals surface area contributed by atoms with Crippen molar-refractivity contribution in [3.05, 3.63) is 40.8 Å². The Hall–Kier alpha value is -1.92. The average molecular weight is 277 g/mol. The molecule has 0 fully saturated rings. The molecule has 0 aliphatic carbocycles. The Morgan fingerprint density at radius 2 is 1.72 bits per heavy atom. The largest absolute Gasteiger partial charge is 0.416 e. The highest BCUT2D eigenvalue weighted by atomic mass is 32.2. The van der Waals surface area contributed by atoms with Crippen LogP contribution in [0.1, 0.15) is 11.1 Å². The van der Waals surface area contributed by atoms with Gasteiger partial charge in [0, 0.05) is 0 Å². The number of hydrogen-bond donors (Lipinski definition) is 0. The molecule has 0 aromatic heterocycles. The van der Waals surface area contributed by atoms with Crippen molar-refractivity contribution < 1.29 is 26.4 Å². The molecule has 0 unspecified atom stereocenters. The molecule has 0 bridgehead atoms. The molecule has 0 N–H and O–H groups in total. The first kappa shape index (κ1) is 14.1. The first-order valence-corrected chi connectivity index (χ1v) is 5.94. The summed E-state index contributed by atoms with van der Waals surface area (Å²) in [5.74, 6) is 0. The lowest BCUT2D eigenvalue weighted by molar-refractivity contribution is -0.137. The first-order valence-electron chi connectivity index (χ1n) is 4.44. The van der Waals surface area contributed by atoms with Crippen LogP contribution >= 0.6 is 0 Å². The van der Waals surface area contributed by atoms with Gasteiger partial charge in [0.15, 0.2) is 0 Å². The van der Waals surface area contributed by atoms with Crippen molar-refractivity contribution in [1.82, 2.24) is 0 Å². The number of hydrogen-bond acceptors (Lipinski definition) is 3. The van der Waals surface area contributed by atoms with E-state index in [1.54, 1.807) is 0 Å². The summed E-state index contributed by atoms with van der Waals surface area (Å²) in [5, 5.41) is 0.598. The lowest BCUT2D eigenvalue weighted by atomic mass is 10.1. The van der Waals surface area contributed by atoms with E-state index in [0.29, 0.717) is 5.41 Å². The van der Waals surface area contributed by atoms with Gasteiger partial charge in [0.25, 0.3) is 16.1 Å². The highest BCUT2D eigenvalue weighted by molar-refractivity contribution is 7.93. The van der Waals surface area contributed by atoms with E-state index < -0.39 is 21.8 Å². The van der Waals surface area contributed by atoms with Gasteiger partial charge in [0.05, 0.1) is 11.0 Å². The fourth-order valence-electron chi connectivity index (χ4n) is 1.03. The van der Waals surface area contributed by atoms with Crippen LogP contribution in [0, 0.1) is 0 Å². The lowest BCUT2D eigenvalue weighted by Crippen LogP contribution is -2.03. The van der Waals surface area contributed by atoms with Gasteiger partial charge in [-0.1, -0.05) is 16.5 Å². The van der Waals surface area contributed by atoms with Crippen LogP contribution in [0.15, 0.2) is 34.1 Å². The van der Waals surface area contributed by atoms with Crippen molar-refractivity contribution in [2.45, 2.75) is 6.18 Å². The Kier molecular flexibility index (Phi) is 4.05. The number of sulfonamides is 1. The molecule has 0 aliphatic rings. The standard InChI is InChI=1S/C10H6F3NO3S/c11-10(12,13)9-3-1-8(2-4-9)5-6-18(16,17)14-7-15/h1-6H/b6-5+. The van der Waals surface area contributed by atoms with E-state index in [4.69, 9.17) is 0 Å². The van der Waals surface area contributed by atoms with Crippen LogP contribution < -0.4 is 0 Å². The van der Waals surface area contributed by atoms with Gasteiger partial charge < -0.3 is 0 Å². The second kappa shape index (κ2) is 5.16. The zero-order valence-corrected chi connectivity index (χ0v) is 9.49. The molecular weight excluding hydrogens is 271 g/mol. The van der Waals surface area contributed by atoms with Crippen LogP contribution in [0.4, 0.5) is 13.2 Å². The fourth-order valence-corrected chi connectivity index (χ4v) is 1.52. The molecule has 8 heteroatoms. The molecular formula is C10H6F3NO3S. The Balaban J connectivity index is 2.95. The molecule has 18 heavy (non-hydrogen) atoms. The van der Waals surface area contributed by atoms with Gasteiger partial charge in [-0.3, -0.25) is 0 Å². The molecule has 0 radical (unpaired) electrons. The third-order valence-corrected chi connectivity index (χ3v) is 2.64. The van der Waals surface area contributed by atoms with Gasteiger partial charge in [0.1, 0.15) is 0 Å². The van der Waals surface area contributed by atoms with Gasteiger partial charge in [0.2, 0.25) is 0 Å². The van der Waals surface area contributed by atoms with Crippen molar-refractivity contribution in [3.8, 4) is 0 Å². The van der Waals surface area contributed by atoms with Crippen LogP contribution in [-0.2, 0) is 21.0 Å². The van der Waals surface area contributed by atoms with Crippen molar-refractivity contribution >= 4 is 22.2 Å². The fraction of sp³-hybridized carbons (Fsp3) is 0.100. The third-order valence-electron chi connectivity index (χ3n) is 1.83. The zero-order valence-electron chi connectivity index (χ0n) is 8.68. The summed E-state index contributed by atoms with van der Waals surface area (Å²) in [6.07, 6.45) is -2.56. The minimum absolute atomic E-state index is 0.229. The number of nitrogens with zero attached hydrogens (tertiary/aromatic N) is 1. The van der Waals surface area contributed by atoms with Crippen LogP contribution in [0.25, 0.3) is 6.08 Å². The van der Waals surface area contributed by atoms with E-state index in [0.717, 1.165) is 36.4 Å². The van der Waals surface area contributed by atoms with Gasteiger partial charge in [-0.05, 0) is 23.8 Å². The molecule has 1 aromatic carbocycles. The molecule has 0 aliphatic heterocycles. The Labute approximate surface area is 101 Å². The normalized spacial score (nSPS) is 12.4. The van der Waals surface area contributed by atoms with Crippen molar-refractivity contribution in [2.24, 2.45) is 4.40 Å². The minimum atomic E-state index is -4.45. The average Bonchev–Trinajstić information content (AvgIpc) is 2.26. The van der Waals surface area contributed by atoms with E-state index >= 15 is 0 Å². The van der Waals surface area contributed by atoms with E-state index in [9.17, 15) is 26.4 Å². The summed E-state index contributed by atoms with van der Waals surface area (Å²) in [5.41, 5.74) is -0.610. The quantitative estimate of drug-likeness (QED) is 0.629. The van der Waals surface area contributed by atoms with E-state index in [-0.39, 0.29) is 5.56 Å². The lowest BCUT2D eigenvalue weighted by Gasteiger charge is -2.05. The molecule has 1 rings (SSSR count). The van der Waals surface area contributed by atoms with Gasteiger partial charge in [-0.15, -0.1) is 0 Å². The summed E-state index contributed by atoms with van der Waals surface area (Å²) >= 11 is 0. The number of carbonyl (C=O) groups excluding carboxylic acids is 1. The van der Waals surface area contributed by atoms with E-state index in [2.05, 4.69) is 4.40 Å². The number of isocyanates is 1. The maximum Gasteiger partial charge on any atom is 0.416 e. The topological polar surface area (TPSA) is 63.6 Å². The Bertz CT molecular complexity index is 596. The summed E-state index contributed by atoms with van der Waals surface area (Å²) in [6, 6.07) is 3.82. The summed E-state index contributed by atoms with van der Waals surface area (Å²) in [6.45, 7) is 0. The van der Waals surface area contributed by atoms with Crippen LogP contribution in [0.5, 0.6) is 0 Å². The Morgan fingerprint density at radius 1 is 1.17 bits per heavy atom. The maximum atomic E-state index is 12.2. The number of halogens is 3. The van der Waals surface area contributed by atoms with Gasteiger partial charge >= 0.3 is 6.18 Å². The van der Waals surface area contributed by atoms with Crippen LogP contribution in [0.3, 0.4) is 0 Å². The maximum absolute atomic E-state index is 12.2. The number of alkyl halides is 3. The van der Waals surface area contributed by atoms with Crippen LogP contribution in [0.2, 0.25) is 0 Å². The van der Waals surface area contributed by atoms with Crippen molar-refractivity contribution in [2.75, 3.05) is 0 Å². The number of rotatable bonds is 3. The van der Waals surface area contributed by atoms with Crippen molar-refractivity contribution in [3.63, 3.8) is 0 Å².